The lowest BCUT2D eigenvalue weighted by molar-refractivity contribution is -0.384. The largest absolute Gasteiger partial charge is 0.405 e. The van der Waals surface area contributed by atoms with Gasteiger partial charge in [0.25, 0.3) is 5.69 Å². The fourth-order valence-corrected chi connectivity index (χ4v) is 1.79. The number of hydrogen-bond donors (Lipinski definition) is 1. The monoisotopic (exact) mass is 291 g/mol. The predicted octanol–water partition coefficient (Wildman–Crippen LogP) is 3.42. The van der Waals surface area contributed by atoms with Crippen LogP contribution in [0.3, 0.4) is 0 Å². The number of non-ortho nitro benzene ring substituents is 1. The average molecular weight is 291 g/mol. The van der Waals surface area contributed by atoms with Crippen LogP contribution in [0.5, 0.6) is 0 Å². The first kappa shape index (κ1) is 16.1. The van der Waals surface area contributed by atoms with E-state index in [9.17, 15) is 23.3 Å². The van der Waals surface area contributed by atoms with Crippen molar-refractivity contribution in [1.29, 1.82) is 0 Å². The molecular formula is C12H16F3N3O2. The van der Waals surface area contributed by atoms with Crippen LogP contribution >= 0.6 is 0 Å². The summed E-state index contributed by atoms with van der Waals surface area (Å²) in [6.07, 6.45) is -4.36. The summed E-state index contributed by atoms with van der Waals surface area (Å²) in [5.74, 6) is 0. The summed E-state index contributed by atoms with van der Waals surface area (Å²) >= 11 is 0. The van der Waals surface area contributed by atoms with Gasteiger partial charge in [0.05, 0.1) is 4.92 Å². The van der Waals surface area contributed by atoms with E-state index in [0.717, 1.165) is 11.0 Å². The Morgan fingerprint density at radius 1 is 1.30 bits per heavy atom. The summed E-state index contributed by atoms with van der Waals surface area (Å²) in [6.45, 7) is 2.85. The molecule has 0 saturated carbocycles. The number of anilines is 2. The lowest BCUT2D eigenvalue weighted by Gasteiger charge is -2.24. The minimum atomic E-state index is -4.36. The van der Waals surface area contributed by atoms with Crippen LogP contribution in [0.1, 0.15) is 13.8 Å². The maximum absolute atomic E-state index is 12.5. The second-order valence-electron chi connectivity index (χ2n) is 4.15. The van der Waals surface area contributed by atoms with Crippen molar-refractivity contribution in [2.75, 3.05) is 29.9 Å². The summed E-state index contributed by atoms with van der Waals surface area (Å²) in [5.41, 5.74) is 0.367. The number of benzene rings is 1. The highest BCUT2D eigenvalue weighted by Crippen LogP contribution is 2.29. The van der Waals surface area contributed by atoms with Crippen molar-refractivity contribution in [2.24, 2.45) is 0 Å². The standard InChI is InChI=1S/C12H16F3N3O2/c1-3-16-9-5-10(7-11(6-9)18(19)20)17(4-2)8-12(13,14)15/h5-7,16H,3-4,8H2,1-2H3. The Morgan fingerprint density at radius 2 is 1.95 bits per heavy atom. The molecule has 20 heavy (non-hydrogen) atoms. The molecule has 0 bridgehead atoms. The topological polar surface area (TPSA) is 58.4 Å². The molecule has 1 aromatic carbocycles. The van der Waals surface area contributed by atoms with E-state index in [2.05, 4.69) is 5.32 Å². The van der Waals surface area contributed by atoms with Gasteiger partial charge >= 0.3 is 6.18 Å². The molecule has 1 N–H and O–H groups in total. The molecule has 0 saturated heterocycles. The molecule has 0 unspecified atom stereocenters. The van der Waals surface area contributed by atoms with Crippen LogP contribution in [0.2, 0.25) is 0 Å². The molecule has 0 aliphatic rings. The molecule has 5 nitrogen and oxygen atoms in total. The van der Waals surface area contributed by atoms with E-state index >= 15 is 0 Å². The fourth-order valence-electron chi connectivity index (χ4n) is 1.79. The zero-order valence-electron chi connectivity index (χ0n) is 11.2. The summed E-state index contributed by atoms with van der Waals surface area (Å²) in [7, 11) is 0. The second kappa shape index (κ2) is 6.44. The van der Waals surface area contributed by atoms with Crippen LogP contribution in [-0.4, -0.2) is 30.7 Å². The van der Waals surface area contributed by atoms with Gasteiger partial charge in [0.15, 0.2) is 0 Å². The molecule has 0 amide bonds. The first-order valence-electron chi connectivity index (χ1n) is 6.12. The van der Waals surface area contributed by atoms with E-state index in [1.165, 1.54) is 12.1 Å². The minimum absolute atomic E-state index is 0.103. The molecule has 1 rings (SSSR count). The molecular weight excluding hydrogens is 275 g/mol. The Hall–Kier alpha value is -1.99. The van der Waals surface area contributed by atoms with Crippen LogP contribution in [-0.2, 0) is 0 Å². The lowest BCUT2D eigenvalue weighted by atomic mass is 10.2. The fraction of sp³-hybridized carbons (Fsp3) is 0.500. The Bertz CT molecular complexity index is 478. The normalized spacial score (nSPS) is 11.2. The van der Waals surface area contributed by atoms with Crippen LogP contribution in [0.25, 0.3) is 0 Å². The first-order chi connectivity index (χ1) is 9.26. The third kappa shape index (κ3) is 4.60. The number of hydrogen-bond acceptors (Lipinski definition) is 4. The molecule has 0 radical (unpaired) electrons. The van der Waals surface area contributed by atoms with Crippen molar-refractivity contribution >= 4 is 17.1 Å². The van der Waals surface area contributed by atoms with E-state index in [-0.39, 0.29) is 17.9 Å². The molecule has 8 heteroatoms. The number of nitrogens with one attached hydrogen (secondary N) is 1. The maximum atomic E-state index is 12.5. The molecule has 0 aliphatic carbocycles. The van der Waals surface area contributed by atoms with Gasteiger partial charge < -0.3 is 10.2 Å². The SMILES string of the molecule is CCNc1cc(N(CC)CC(F)(F)F)cc([N+](=O)[O-])c1. The van der Waals surface area contributed by atoms with E-state index in [1.807, 2.05) is 0 Å². The highest BCUT2D eigenvalue weighted by molar-refractivity contribution is 5.64. The van der Waals surface area contributed by atoms with Crippen molar-refractivity contribution in [2.45, 2.75) is 20.0 Å². The van der Waals surface area contributed by atoms with Gasteiger partial charge in [-0.1, -0.05) is 0 Å². The predicted molar refractivity (Wildman–Crippen MR) is 71.2 cm³/mol. The van der Waals surface area contributed by atoms with E-state index < -0.39 is 17.6 Å². The molecule has 0 aromatic heterocycles. The van der Waals surface area contributed by atoms with Gasteiger partial charge in [-0.3, -0.25) is 10.1 Å². The van der Waals surface area contributed by atoms with Gasteiger partial charge in [0, 0.05) is 36.6 Å². The zero-order chi connectivity index (χ0) is 15.3. The first-order valence-corrected chi connectivity index (χ1v) is 6.12. The molecule has 0 spiro atoms. The van der Waals surface area contributed by atoms with Gasteiger partial charge in [0.2, 0.25) is 0 Å². The van der Waals surface area contributed by atoms with Crippen molar-refractivity contribution in [1.82, 2.24) is 0 Å². The highest BCUT2D eigenvalue weighted by Gasteiger charge is 2.31. The zero-order valence-corrected chi connectivity index (χ0v) is 11.2. The Kier molecular flexibility index (Phi) is 5.18. The Morgan fingerprint density at radius 3 is 2.40 bits per heavy atom. The minimum Gasteiger partial charge on any atom is -0.385 e. The molecule has 112 valence electrons. The highest BCUT2D eigenvalue weighted by atomic mass is 19.4. The summed E-state index contributed by atoms with van der Waals surface area (Å²) in [4.78, 5) is 11.3. The summed E-state index contributed by atoms with van der Waals surface area (Å²) in [5, 5.41) is 13.7. The Labute approximate surface area is 114 Å². The number of rotatable bonds is 6. The molecule has 1 aromatic rings. The van der Waals surface area contributed by atoms with Crippen LogP contribution in [0.4, 0.5) is 30.2 Å². The summed E-state index contributed by atoms with van der Waals surface area (Å²) < 4.78 is 37.5. The third-order valence-electron chi connectivity index (χ3n) is 2.61. The molecule has 0 atom stereocenters. The summed E-state index contributed by atoms with van der Waals surface area (Å²) in [6, 6.07) is 3.93. The number of alkyl halides is 3. The quantitative estimate of drug-likeness (QED) is 0.644. The maximum Gasteiger partial charge on any atom is 0.405 e. The van der Waals surface area contributed by atoms with Crippen molar-refractivity contribution in [3.8, 4) is 0 Å². The molecule has 0 fully saturated rings. The van der Waals surface area contributed by atoms with Gasteiger partial charge in [-0.05, 0) is 19.9 Å². The van der Waals surface area contributed by atoms with Crippen molar-refractivity contribution < 1.29 is 18.1 Å². The van der Waals surface area contributed by atoms with E-state index in [4.69, 9.17) is 0 Å². The number of nitrogens with zero attached hydrogens (tertiary/aromatic N) is 2. The number of halogens is 3. The third-order valence-corrected chi connectivity index (χ3v) is 2.61. The lowest BCUT2D eigenvalue weighted by Crippen LogP contribution is -2.34. The van der Waals surface area contributed by atoms with Gasteiger partial charge in [-0.2, -0.15) is 13.2 Å². The van der Waals surface area contributed by atoms with Crippen molar-refractivity contribution in [3.63, 3.8) is 0 Å². The van der Waals surface area contributed by atoms with Gasteiger partial charge in [-0.15, -0.1) is 0 Å². The number of nitro groups is 1. The van der Waals surface area contributed by atoms with E-state index in [1.54, 1.807) is 13.8 Å². The second-order valence-corrected chi connectivity index (χ2v) is 4.15. The molecule has 0 aliphatic heterocycles. The Balaban J connectivity index is 3.16. The van der Waals surface area contributed by atoms with Crippen LogP contribution in [0, 0.1) is 10.1 Å². The smallest absolute Gasteiger partial charge is 0.385 e. The van der Waals surface area contributed by atoms with Crippen LogP contribution in [0.15, 0.2) is 18.2 Å². The molecule has 0 heterocycles. The van der Waals surface area contributed by atoms with E-state index in [0.29, 0.717) is 12.2 Å². The number of nitro benzene ring substituents is 1. The van der Waals surface area contributed by atoms with Gasteiger partial charge in [-0.25, -0.2) is 0 Å². The van der Waals surface area contributed by atoms with Crippen LogP contribution < -0.4 is 10.2 Å². The average Bonchev–Trinajstić information content (AvgIpc) is 2.34. The van der Waals surface area contributed by atoms with Crippen molar-refractivity contribution in [3.05, 3.63) is 28.3 Å². The van der Waals surface area contributed by atoms with Gasteiger partial charge in [0.1, 0.15) is 6.54 Å².